The van der Waals surface area contributed by atoms with E-state index < -0.39 is 0 Å². The van der Waals surface area contributed by atoms with Crippen LogP contribution in [0.25, 0.3) is 11.2 Å². The molecule has 18 heavy (non-hydrogen) atoms. The van der Waals surface area contributed by atoms with E-state index in [1.54, 1.807) is 10.8 Å². The van der Waals surface area contributed by atoms with Gasteiger partial charge in [-0.25, -0.2) is 9.97 Å². The van der Waals surface area contributed by atoms with E-state index in [2.05, 4.69) is 15.3 Å². The van der Waals surface area contributed by atoms with E-state index in [0.29, 0.717) is 25.0 Å². The van der Waals surface area contributed by atoms with Gasteiger partial charge >= 0.3 is 0 Å². The molecule has 0 aromatic carbocycles. The number of nitrogens with one attached hydrogen (secondary N) is 1. The molecule has 6 nitrogen and oxygen atoms in total. The quantitative estimate of drug-likeness (QED) is 0.829. The molecule has 0 unspecified atom stereocenters. The molecule has 0 bridgehead atoms. The number of carbonyl (C=O) groups excluding carboxylic acids is 1. The molecule has 0 aliphatic heterocycles. The first-order chi connectivity index (χ1) is 8.74. The number of carbonyl (C=O) groups is 1. The van der Waals surface area contributed by atoms with Crippen LogP contribution in [0.15, 0.2) is 18.3 Å². The second kappa shape index (κ2) is 4.29. The van der Waals surface area contributed by atoms with Crippen molar-refractivity contribution in [2.45, 2.75) is 31.8 Å². The van der Waals surface area contributed by atoms with Crippen molar-refractivity contribution in [3.63, 3.8) is 0 Å². The topological polar surface area (TPSA) is 85.8 Å². The third kappa shape index (κ3) is 2.13. The van der Waals surface area contributed by atoms with Crippen molar-refractivity contribution in [2.24, 2.45) is 0 Å². The third-order valence-corrected chi connectivity index (χ3v) is 3.04. The number of nitrogens with zero attached hydrogens (tertiary/aromatic N) is 3. The SMILES string of the molecule is Nc1nc2cccnc2n1CCC(=O)NC1CC1. The van der Waals surface area contributed by atoms with Gasteiger partial charge in [0, 0.05) is 25.2 Å². The van der Waals surface area contributed by atoms with Gasteiger partial charge in [-0.3, -0.25) is 9.36 Å². The highest BCUT2D eigenvalue weighted by Crippen LogP contribution is 2.19. The van der Waals surface area contributed by atoms with Crippen molar-refractivity contribution in [1.29, 1.82) is 0 Å². The summed E-state index contributed by atoms with van der Waals surface area (Å²) in [5.74, 6) is 0.470. The standard InChI is InChI=1S/C12H15N5O/c13-12-16-9-2-1-6-14-11(9)17(12)7-5-10(18)15-8-3-4-8/h1-2,6,8H,3-5,7H2,(H2,13,16)(H,15,18). The lowest BCUT2D eigenvalue weighted by Crippen LogP contribution is -2.26. The zero-order valence-electron chi connectivity index (χ0n) is 9.97. The minimum Gasteiger partial charge on any atom is -0.369 e. The van der Waals surface area contributed by atoms with Crippen LogP contribution in [0.5, 0.6) is 0 Å². The highest BCUT2D eigenvalue weighted by Gasteiger charge is 2.23. The van der Waals surface area contributed by atoms with Gasteiger partial charge in [-0.15, -0.1) is 0 Å². The highest BCUT2D eigenvalue weighted by atomic mass is 16.1. The lowest BCUT2D eigenvalue weighted by Gasteiger charge is -2.06. The van der Waals surface area contributed by atoms with Crippen LogP contribution >= 0.6 is 0 Å². The Hall–Kier alpha value is -2.11. The normalized spacial score (nSPS) is 14.9. The number of rotatable bonds is 4. The van der Waals surface area contributed by atoms with Crippen LogP contribution in [-0.4, -0.2) is 26.5 Å². The fourth-order valence-corrected chi connectivity index (χ4v) is 1.94. The Bertz CT molecular complexity index is 587. The lowest BCUT2D eigenvalue weighted by molar-refractivity contribution is -0.121. The number of pyridine rings is 1. The maximum absolute atomic E-state index is 11.6. The first kappa shape index (κ1) is 11.0. The van der Waals surface area contributed by atoms with E-state index in [0.717, 1.165) is 24.0 Å². The van der Waals surface area contributed by atoms with Gasteiger partial charge in [0.2, 0.25) is 11.9 Å². The van der Waals surface area contributed by atoms with E-state index in [4.69, 9.17) is 5.73 Å². The third-order valence-electron chi connectivity index (χ3n) is 3.04. The minimum absolute atomic E-state index is 0.0645. The van der Waals surface area contributed by atoms with Crippen molar-refractivity contribution < 1.29 is 4.79 Å². The van der Waals surface area contributed by atoms with E-state index >= 15 is 0 Å². The number of hydrogen-bond acceptors (Lipinski definition) is 4. The molecule has 1 amide bonds. The fourth-order valence-electron chi connectivity index (χ4n) is 1.94. The summed E-state index contributed by atoms with van der Waals surface area (Å²) in [7, 11) is 0. The van der Waals surface area contributed by atoms with Gasteiger partial charge in [0.25, 0.3) is 0 Å². The molecule has 94 valence electrons. The predicted molar refractivity (Wildman–Crippen MR) is 67.7 cm³/mol. The average Bonchev–Trinajstić information content (AvgIpc) is 3.09. The molecule has 2 heterocycles. The van der Waals surface area contributed by atoms with Crippen molar-refractivity contribution in [3.05, 3.63) is 18.3 Å². The van der Waals surface area contributed by atoms with Gasteiger partial charge in [0.05, 0.1) is 0 Å². The van der Waals surface area contributed by atoms with Crippen molar-refractivity contribution in [3.8, 4) is 0 Å². The summed E-state index contributed by atoms with van der Waals surface area (Å²) in [6.07, 6.45) is 4.31. The largest absolute Gasteiger partial charge is 0.369 e. The number of nitrogen functional groups attached to an aromatic ring is 1. The molecular formula is C12H15N5O. The summed E-state index contributed by atoms with van der Waals surface area (Å²) >= 11 is 0. The number of aromatic nitrogens is 3. The van der Waals surface area contributed by atoms with E-state index in [1.807, 2.05) is 12.1 Å². The molecule has 0 spiro atoms. The van der Waals surface area contributed by atoms with Crippen molar-refractivity contribution in [2.75, 3.05) is 5.73 Å². The summed E-state index contributed by atoms with van der Waals surface area (Å²) in [6.45, 7) is 0.512. The van der Waals surface area contributed by atoms with Crippen LogP contribution in [0.3, 0.4) is 0 Å². The number of fused-ring (bicyclic) bond motifs is 1. The minimum atomic E-state index is 0.0645. The highest BCUT2D eigenvalue weighted by molar-refractivity contribution is 5.77. The molecule has 0 saturated heterocycles. The summed E-state index contributed by atoms with van der Waals surface area (Å²) in [4.78, 5) is 20.1. The van der Waals surface area contributed by atoms with Crippen LogP contribution in [0.1, 0.15) is 19.3 Å². The summed E-state index contributed by atoms with van der Waals surface area (Å²) in [5, 5.41) is 2.95. The number of hydrogen-bond donors (Lipinski definition) is 2. The second-order valence-electron chi connectivity index (χ2n) is 4.56. The van der Waals surface area contributed by atoms with Gasteiger partial charge in [-0.1, -0.05) is 0 Å². The first-order valence-electron chi connectivity index (χ1n) is 6.10. The van der Waals surface area contributed by atoms with E-state index in [-0.39, 0.29) is 5.91 Å². The summed E-state index contributed by atoms with van der Waals surface area (Å²) in [6, 6.07) is 4.07. The van der Waals surface area contributed by atoms with Gasteiger partial charge in [0.1, 0.15) is 5.52 Å². The Labute approximate surface area is 104 Å². The molecule has 0 radical (unpaired) electrons. The van der Waals surface area contributed by atoms with E-state index in [9.17, 15) is 4.79 Å². The molecule has 3 rings (SSSR count). The van der Waals surface area contributed by atoms with Gasteiger partial charge in [0.15, 0.2) is 5.65 Å². The summed E-state index contributed by atoms with van der Waals surface area (Å²) < 4.78 is 1.78. The number of amides is 1. The first-order valence-corrected chi connectivity index (χ1v) is 6.10. The Morgan fingerprint density at radius 1 is 1.56 bits per heavy atom. The molecule has 6 heteroatoms. The predicted octanol–water partition coefficient (Wildman–Crippen LogP) is 0.682. The number of nitrogens with two attached hydrogens (primary N) is 1. The van der Waals surface area contributed by atoms with E-state index in [1.165, 1.54) is 0 Å². The van der Waals surface area contributed by atoms with Crippen LogP contribution in [-0.2, 0) is 11.3 Å². The van der Waals surface area contributed by atoms with Gasteiger partial charge in [-0.2, -0.15) is 0 Å². The Balaban J connectivity index is 1.73. The van der Waals surface area contributed by atoms with Crippen LogP contribution in [0.4, 0.5) is 5.95 Å². The zero-order chi connectivity index (χ0) is 12.5. The molecule has 2 aromatic heterocycles. The van der Waals surface area contributed by atoms with Crippen LogP contribution < -0.4 is 11.1 Å². The Kier molecular flexibility index (Phi) is 2.62. The maximum atomic E-state index is 11.6. The maximum Gasteiger partial charge on any atom is 0.222 e. The molecule has 1 aliphatic carbocycles. The smallest absolute Gasteiger partial charge is 0.222 e. The molecule has 1 saturated carbocycles. The van der Waals surface area contributed by atoms with Gasteiger partial charge in [-0.05, 0) is 25.0 Å². The fraction of sp³-hybridized carbons (Fsp3) is 0.417. The molecule has 1 fully saturated rings. The van der Waals surface area contributed by atoms with Crippen molar-refractivity contribution in [1.82, 2.24) is 19.9 Å². The molecule has 3 N–H and O–H groups in total. The van der Waals surface area contributed by atoms with Crippen LogP contribution in [0.2, 0.25) is 0 Å². The monoisotopic (exact) mass is 245 g/mol. The molecule has 0 atom stereocenters. The Morgan fingerprint density at radius 2 is 2.39 bits per heavy atom. The Morgan fingerprint density at radius 3 is 3.17 bits per heavy atom. The molecule has 2 aromatic rings. The van der Waals surface area contributed by atoms with Gasteiger partial charge < -0.3 is 11.1 Å². The molecule has 1 aliphatic rings. The number of anilines is 1. The van der Waals surface area contributed by atoms with Crippen molar-refractivity contribution >= 4 is 23.0 Å². The zero-order valence-corrected chi connectivity index (χ0v) is 9.97. The second-order valence-corrected chi connectivity index (χ2v) is 4.56. The molecular weight excluding hydrogens is 230 g/mol. The number of imidazole rings is 1. The average molecular weight is 245 g/mol. The number of aryl methyl sites for hydroxylation is 1. The summed E-state index contributed by atoms with van der Waals surface area (Å²) in [5.41, 5.74) is 7.33. The lowest BCUT2D eigenvalue weighted by atomic mass is 10.3. The van der Waals surface area contributed by atoms with Crippen LogP contribution in [0, 0.1) is 0 Å².